The number of hydrogen-bond acceptors (Lipinski definition) is 3. The molecule has 0 aliphatic carbocycles. The van der Waals surface area contributed by atoms with Gasteiger partial charge < -0.3 is 15.6 Å². The van der Waals surface area contributed by atoms with E-state index in [1.807, 2.05) is 0 Å². The summed E-state index contributed by atoms with van der Waals surface area (Å²) >= 11 is 0. The minimum atomic E-state index is -0.0689. The Morgan fingerprint density at radius 2 is 2.33 bits per heavy atom. The van der Waals surface area contributed by atoms with Crippen molar-refractivity contribution in [3.63, 3.8) is 0 Å². The number of nitrogens with one attached hydrogen (secondary N) is 2. The quantitative estimate of drug-likeness (QED) is 0.567. The van der Waals surface area contributed by atoms with Crippen molar-refractivity contribution in [3.8, 4) is 0 Å². The van der Waals surface area contributed by atoms with Gasteiger partial charge in [0.25, 0.3) is 5.91 Å². The monoisotopic (exact) mass is 167 g/mol. The Balaban J connectivity index is 2.99. The fourth-order valence-electron chi connectivity index (χ4n) is 1.26. The third kappa shape index (κ3) is 1.32. The second-order valence-corrected chi connectivity index (χ2v) is 2.76. The van der Waals surface area contributed by atoms with Crippen LogP contribution in [0.25, 0.3) is 0 Å². The van der Waals surface area contributed by atoms with E-state index in [4.69, 9.17) is 5.41 Å². The van der Waals surface area contributed by atoms with Gasteiger partial charge in [0, 0.05) is 39.0 Å². The summed E-state index contributed by atoms with van der Waals surface area (Å²) in [6, 6.07) is 0. The number of hydrogen-bond donors (Lipinski definition) is 2. The number of carbonyl (C=O) groups is 1. The molecule has 0 fully saturated rings. The molecule has 1 amide bonds. The van der Waals surface area contributed by atoms with E-state index in [1.165, 1.54) is 0 Å². The average molecular weight is 167 g/mol. The average Bonchev–Trinajstić information content (AvgIpc) is 2.09. The van der Waals surface area contributed by atoms with E-state index < -0.39 is 0 Å². The molecule has 0 atom stereocenters. The van der Waals surface area contributed by atoms with Crippen LogP contribution >= 0.6 is 0 Å². The minimum absolute atomic E-state index is 0.0689. The second-order valence-electron chi connectivity index (χ2n) is 2.76. The summed E-state index contributed by atoms with van der Waals surface area (Å²) in [4.78, 5) is 13.0. The van der Waals surface area contributed by atoms with Crippen LogP contribution in [0.4, 0.5) is 0 Å². The Morgan fingerprint density at radius 3 is 2.83 bits per heavy atom. The lowest BCUT2D eigenvalue weighted by Gasteiger charge is -2.25. The van der Waals surface area contributed by atoms with Crippen molar-refractivity contribution < 1.29 is 4.79 Å². The summed E-state index contributed by atoms with van der Waals surface area (Å²) in [5, 5.41) is 10.0. The van der Waals surface area contributed by atoms with Gasteiger partial charge in [-0.3, -0.25) is 4.79 Å². The second kappa shape index (κ2) is 3.38. The Morgan fingerprint density at radius 1 is 1.67 bits per heavy atom. The van der Waals surface area contributed by atoms with Gasteiger partial charge in [0.2, 0.25) is 0 Å². The highest BCUT2D eigenvalue weighted by atomic mass is 16.2. The van der Waals surface area contributed by atoms with Gasteiger partial charge in [-0.15, -0.1) is 0 Å². The van der Waals surface area contributed by atoms with E-state index in [-0.39, 0.29) is 5.91 Å². The molecule has 1 heterocycles. The maximum Gasteiger partial charge on any atom is 0.256 e. The van der Waals surface area contributed by atoms with Crippen molar-refractivity contribution in [3.05, 3.63) is 11.3 Å². The molecule has 0 aromatic heterocycles. The lowest BCUT2D eigenvalue weighted by atomic mass is 10.1. The van der Waals surface area contributed by atoms with Crippen molar-refractivity contribution in [2.24, 2.45) is 0 Å². The van der Waals surface area contributed by atoms with Crippen LogP contribution in [-0.4, -0.2) is 37.7 Å². The Hall–Kier alpha value is -1.32. The summed E-state index contributed by atoms with van der Waals surface area (Å²) in [7, 11) is 3.52. The molecule has 1 aliphatic heterocycles. The van der Waals surface area contributed by atoms with Gasteiger partial charge in [0.1, 0.15) is 0 Å². The highest BCUT2D eigenvalue weighted by molar-refractivity contribution is 6.12. The zero-order valence-electron chi connectivity index (χ0n) is 7.35. The largest absolute Gasteiger partial charge is 0.391 e. The van der Waals surface area contributed by atoms with Gasteiger partial charge in [-0.2, -0.15) is 0 Å². The summed E-state index contributed by atoms with van der Waals surface area (Å²) in [5.74, 6) is -0.0689. The van der Waals surface area contributed by atoms with E-state index in [0.717, 1.165) is 24.9 Å². The van der Waals surface area contributed by atoms with Gasteiger partial charge in [0.05, 0.1) is 5.57 Å². The minimum Gasteiger partial charge on any atom is -0.391 e. The molecule has 0 bridgehead atoms. The SMILES string of the molecule is CNC1=C(C=N)C(=O)N(C)CC1. The first-order chi connectivity index (χ1) is 5.70. The summed E-state index contributed by atoms with van der Waals surface area (Å²) < 4.78 is 0. The van der Waals surface area contributed by atoms with Gasteiger partial charge in [-0.1, -0.05) is 0 Å². The van der Waals surface area contributed by atoms with Crippen LogP contribution in [-0.2, 0) is 4.79 Å². The number of nitrogens with zero attached hydrogens (tertiary/aromatic N) is 1. The molecule has 0 spiro atoms. The third-order valence-corrected chi connectivity index (χ3v) is 2.05. The Labute approximate surface area is 71.8 Å². The summed E-state index contributed by atoms with van der Waals surface area (Å²) in [6.07, 6.45) is 1.92. The zero-order chi connectivity index (χ0) is 9.14. The molecule has 0 aromatic rings. The standard InChI is InChI=1S/C8H13N3O/c1-10-7-3-4-11(2)8(12)6(7)5-9/h5,9-10H,3-4H2,1-2H3. The topological polar surface area (TPSA) is 56.2 Å². The van der Waals surface area contributed by atoms with Crippen LogP contribution in [0.1, 0.15) is 6.42 Å². The van der Waals surface area contributed by atoms with Crippen LogP contribution in [0, 0.1) is 5.41 Å². The molecule has 1 rings (SSSR count). The van der Waals surface area contributed by atoms with Crippen molar-refractivity contribution in [2.75, 3.05) is 20.6 Å². The lowest BCUT2D eigenvalue weighted by molar-refractivity contribution is -0.126. The molecule has 4 nitrogen and oxygen atoms in total. The number of amides is 1. The third-order valence-electron chi connectivity index (χ3n) is 2.05. The normalized spacial score (nSPS) is 18.2. The maximum absolute atomic E-state index is 11.4. The molecule has 0 saturated carbocycles. The molecule has 0 aromatic carbocycles. The molecular formula is C8H13N3O. The molecule has 0 saturated heterocycles. The first kappa shape index (κ1) is 8.77. The molecule has 2 N–H and O–H groups in total. The van der Waals surface area contributed by atoms with Crippen molar-refractivity contribution >= 4 is 12.1 Å². The molecule has 4 heteroatoms. The highest BCUT2D eigenvalue weighted by Crippen LogP contribution is 2.13. The molecule has 0 radical (unpaired) electrons. The van der Waals surface area contributed by atoms with Crippen molar-refractivity contribution in [1.82, 2.24) is 10.2 Å². The smallest absolute Gasteiger partial charge is 0.256 e. The fraction of sp³-hybridized carbons (Fsp3) is 0.500. The fourth-order valence-corrected chi connectivity index (χ4v) is 1.26. The lowest BCUT2D eigenvalue weighted by Crippen LogP contribution is -2.36. The van der Waals surface area contributed by atoms with Crippen LogP contribution in [0.5, 0.6) is 0 Å². The Kier molecular flexibility index (Phi) is 2.47. The van der Waals surface area contributed by atoms with Gasteiger partial charge >= 0.3 is 0 Å². The van der Waals surface area contributed by atoms with Crippen molar-refractivity contribution in [1.29, 1.82) is 5.41 Å². The van der Waals surface area contributed by atoms with Crippen LogP contribution in [0.15, 0.2) is 11.3 Å². The van der Waals surface area contributed by atoms with Gasteiger partial charge in [-0.25, -0.2) is 0 Å². The van der Waals surface area contributed by atoms with E-state index in [2.05, 4.69) is 5.32 Å². The molecule has 12 heavy (non-hydrogen) atoms. The van der Waals surface area contributed by atoms with E-state index >= 15 is 0 Å². The van der Waals surface area contributed by atoms with Crippen LogP contribution < -0.4 is 5.32 Å². The Bertz CT molecular complexity index is 245. The number of carbonyl (C=O) groups excluding carboxylic acids is 1. The van der Waals surface area contributed by atoms with Crippen LogP contribution in [0.2, 0.25) is 0 Å². The predicted molar refractivity (Wildman–Crippen MR) is 47.1 cm³/mol. The molecule has 66 valence electrons. The predicted octanol–water partition coefficient (Wildman–Crippen LogP) is -0.0284. The van der Waals surface area contributed by atoms with E-state index in [9.17, 15) is 4.79 Å². The van der Waals surface area contributed by atoms with E-state index in [0.29, 0.717) is 5.57 Å². The highest BCUT2D eigenvalue weighted by Gasteiger charge is 2.21. The van der Waals surface area contributed by atoms with Crippen molar-refractivity contribution in [2.45, 2.75) is 6.42 Å². The maximum atomic E-state index is 11.4. The van der Waals surface area contributed by atoms with E-state index in [1.54, 1.807) is 19.0 Å². The van der Waals surface area contributed by atoms with Gasteiger partial charge in [-0.05, 0) is 0 Å². The molecular weight excluding hydrogens is 154 g/mol. The first-order valence-corrected chi connectivity index (χ1v) is 3.87. The molecule has 1 aliphatic rings. The summed E-state index contributed by atoms with van der Waals surface area (Å²) in [6.45, 7) is 0.729. The number of likely N-dealkylation sites (N-methyl/N-ethyl adjacent to an activating group) is 1. The van der Waals surface area contributed by atoms with Gasteiger partial charge in [0.15, 0.2) is 0 Å². The van der Waals surface area contributed by atoms with Crippen LogP contribution in [0.3, 0.4) is 0 Å². The molecule has 0 unspecified atom stereocenters. The number of rotatable bonds is 2. The zero-order valence-corrected chi connectivity index (χ0v) is 7.35. The first-order valence-electron chi connectivity index (χ1n) is 3.87. The summed E-state index contributed by atoms with van der Waals surface area (Å²) in [5.41, 5.74) is 1.35.